The van der Waals surface area contributed by atoms with Gasteiger partial charge in [0.25, 0.3) is 0 Å². The maximum absolute atomic E-state index is 13.8. The monoisotopic (exact) mass is 304 g/mol. The van der Waals surface area contributed by atoms with Gasteiger partial charge in [-0.3, -0.25) is 4.68 Å². The Balaban J connectivity index is 2.34. The Bertz CT molecular complexity index is 734. The number of hydrogen-bond acceptors (Lipinski definition) is 1. The Kier molecular flexibility index (Phi) is 2.67. The molecule has 18 heavy (non-hydrogen) atoms. The van der Waals surface area contributed by atoms with Crippen LogP contribution >= 0.6 is 15.9 Å². The van der Waals surface area contributed by atoms with Gasteiger partial charge in [0.15, 0.2) is 0 Å². The maximum atomic E-state index is 13.8. The number of halogens is 2. The predicted molar refractivity (Wildman–Crippen MR) is 73.8 cm³/mol. The molecule has 0 amide bonds. The fourth-order valence-electron chi connectivity index (χ4n) is 2.14. The molecule has 0 saturated heterocycles. The molecule has 1 heterocycles. The van der Waals surface area contributed by atoms with Gasteiger partial charge >= 0.3 is 0 Å². The van der Waals surface area contributed by atoms with Gasteiger partial charge in [-0.2, -0.15) is 5.10 Å². The summed E-state index contributed by atoms with van der Waals surface area (Å²) in [5.41, 5.74) is 2.31. The maximum Gasteiger partial charge on any atom is 0.149 e. The largest absolute Gasteiger partial charge is 0.264 e. The lowest BCUT2D eigenvalue weighted by Crippen LogP contribution is -1.91. The molecule has 90 valence electrons. The van der Waals surface area contributed by atoms with E-state index < -0.39 is 0 Å². The zero-order chi connectivity index (χ0) is 12.7. The Morgan fingerprint density at radius 2 is 1.94 bits per heavy atom. The van der Waals surface area contributed by atoms with Gasteiger partial charge in [-0.25, -0.2) is 4.39 Å². The quantitative estimate of drug-likeness (QED) is 0.660. The van der Waals surface area contributed by atoms with E-state index in [9.17, 15) is 4.39 Å². The highest BCUT2D eigenvalue weighted by Gasteiger charge is 2.13. The van der Waals surface area contributed by atoms with Crippen molar-refractivity contribution in [3.8, 4) is 11.3 Å². The van der Waals surface area contributed by atoms with Crippen molar-refractivity contribution in [3.63, 3.8) is 0 Å². The van der Waals surface area contributed by atoms with Crippen LogP contribution in [0.15, 0.2) is 46.9 Å². The Labute approximate surface area is 112 Å². The van der Waals surface area contributed by atoms with Crippen LogP contribution in [0.3, 0.4) is 0 Å². The predicted octanol–water partition coefficient (Wildman–Crippen LogP) is 4.14. The summed E-state index contributed by atoms with van der Waals surface area (Å²) in [5, 5.41) is 5.25. The molecule has 0 aliphatic heterocycles. The summed E-state index contributed by atoms with van der Waals surface area (Å²) < 4.78 is 16.4. The minimum atomic E-state index is -0.247. The molecule has 0 spiro atoms. The fourth-order valence-corrected chi connectivity index (χ4v) is 2.54. The summed E-state index contributed by atoms with van der Waals surface area (Å²) in [4.78, 5) is 0. The number of nitrogens with zero attached hydrogens (tertiary/aromatic N) is 2. The van der Waals surface area contributed by atoms with Gasteiger partial charge in [-0.05, 0) is 18.2 Å². The highest BCUT2D eigenvalue weighted by atomic mass is 79.9. The van der Waals surface area contributed by atoms with E-state index in [1.165, 1.54) is 6.07 Å². The van der Waals surface area contributed by atoms with E-state index in [1.54, 1.807) is 17.8 Å². The summed E-state index contributed by atoms with van der Waals surface area (Å²) in [6.07, 6.45) is 0. The molecule has 0 radical (unpaired) electrons. The standard InChI is InChI=1S/C14H10BrFN2/c1-18-14-11(6-3-7-12(14)16)13(17-18)9-4-2-5-10(15)8-9/h2-8H,1H3. The number of aromatic nitrogens is 2. The van der Waals surface area contributed by atoms with Crippen molar-refractivity contribution >= 4 is 26.8 Å². The molecule has 1 aromatic heterocycles. The molecule has 0 saturated carbocycles. The molecule has 4 heteroatoms. The minimum Gasteiger partial charge on any atom is -0.264 e. The van der Waals surface area contributed by atoms with Crippen LogP contribution < -0.4 is 0 Å². The molecule has 3 aromatic rings. The molecule has 0 aliphatic rings. The molecule has 0 N–H and O–H groups in total. The smallest absolute Gasteiger partial charge is 0.149 e. The van der Waals surface area contributed by atoms with E-state index in [4.69, 9.17) is 0 Å². The number of hydrogen-bond donors (Lipinski definition) is 0. The van der Waals surface area contributed by atoms with Crippen LogP contribution in [0.1, 0.15) is 0 Å². The molecule has 2 nitrogen and oxygen atoms in total. The van der Waals surface area contributed by atoms with Crippen LogP contribution in [0, 0.1) is 5.82 Å². The molecular weight excluding hydrogens is 295 g/mol. The second-order valence-electron chi connectivity index (χ2n) is 4.12. The van der Waals surface area contributed by atoms with Crippen LogP contribution in [0.2, 0.25) is 0 Å². The van der Waals surface area contributed by atoms with Crippen molar-refractivity contribution in [1.29, 1.82) is 0 Å². The Hall–Kier alpha value is -1.68. The lowest BCUT2D eigenvalue weighted by atomic mass is 10.1. The van der Waals surface area contributed by atoms with E-state index in [-0.39, 0.29) is 5.82 Å². The zero-order valence-corrected chi connectivity index (χ0v) is 11.3. The molecule has 0 atom stereocenters. The molecule has 0 aliphatic carbocycles. The van der Waals surface area contributed by atoms with Crippen LogP contribution in [0.25, 0.3) is 22.2 Å². The van der Waals surface area contributed by atoms with E-state index in [0.29, 0.717) is 5.52 Å². The van der Waals surface area contributed by atoms with Crippen LogP contribution in [-0.2, 0) is 7.05 Å². The number of aryl methyl sites for hydroxylation is 1. The SMILES string of the molecule is Cn1nc(-c2cccc(Br)c2)c2cccc(F)c21. The van der Waals surface area contributed by atoms with Crippen molar-refractivity contribution in [2.24, 2.45) is 7.05 Å². The van der Waals surface area contributed by atoms with Crippen molar-refractivity contribution in [1.82, 2.24) is 9.78 Å². The highest BCUT2D eigenvalue weighted by molar-refractivity contribution is 9.10. The summed E-state index contributed by atoms with van der Waals surface area (Å²) in [5.74, 6) is -0.247. The van der Waals surface area contributed by atoms with E-state index in [2.05, 4.69) is 21.0 Å². The number of benzene rings is 2. The number of fused-ring (bicyclic) bond motifs is 1. The van der Waals surface area contributed by atoms with Crippen LogP contribution in [-0.4, -0.2) is 9.78 Å². The summed E-state index contributed by atoms with van der Waals surface area (Å²) in [6.45, 7) is 0. The first-order chi connectivity index (χ1) is 8.66. The lowest BCUT2D eigenvalue weighted by molar-refractivity contribution is 0.626. The van der Waals surface area contributed by atoms with Crippen molar-refractivity contribution in [3.05, 3.63) is 52.8 Å². The number of rotatable bonds is 1. The summed E-state index contributed by atoms with van der Waals surface area (Å²) in [6, 6.07) is 12.9. The second kappa shape index (κ2) is 4.21. The van der Waals surface area contributed by atoms with Gasteiger partial charge < -0.3 is 0 Å². The third kappa shape index (κ3) is 1.73. The average Bonchev–Trinajstić information content (AvgIpc) is 2.68. The van der Waals surface area contributed by atoms with E-state index in [0.717, 1.165) is 21.1 Å². The molecule has 3 rings (SSSR count). The molecule has 0 fully saturated rings. The minimum absolute atomic E-state index is 0.247. The van der Waals surface area contributed by atoms with Crippen molar-refractivity contribution < 1.29 is 4.39 Å². The normalized spacial score (nSPS) is 11.1. The van der Waals surface area contributed by atoms with Gasteiger partial charge in [0.1, 0.15) is 17.0 Å². The second-order valence-corrected chi connectivity index (χ2v) is 5.03. The van der Waals surface area contributed by atoms with Gasteiger partial charge in [-0.15, -0.1) is 0 Å². The first kappa shape index (κ1) is 11.4. The van der Waals surface area contributed by atoms with Crippen LogP contribution in [0.4, 0.5) is 4.39 Å². The van der Waals surface area contributed by atoms with Gasteiger partial charge in [0.05, 0.1) is 0 Å². The molecule has 0 bridgehead atoms. The summed E-state index contributed by atoms with van der Waals surface area (Å²) >= 11 is 3.44. The molecular formula is C14H10BrFN2. The van der Waals surface area contributed by atoms with Crippen molar-refractivity contribution in [2.75, 3.05) is 0 Å². The summed E-state index contributed by atoms with van der Waals surface area (Å²) in [7, 11) is 1.76. The van der Waals surface area contributed by atoms with Crippen molar-refractivity contribution in [2.45, 2.75) is 0 Å². The first-order valence-electron chi connectivity index (χ1n) is 5.54. The third-order valence-corrected chi connectivity index (χ3v) is 3.41. The average molecular weight is 305 g/mol. The molecule has 0 unspecified atom stereocenters. The lowest BCUT2D eigenvalue weighted by Gasteiger charge is -1.98. The highest BCUT2D eigenvalue weighted by Crippen LogP contribution is 2.30. The Morgan fingerprint density at radius 1 is 1.17 bits per heavy atom. The molecule has 2 aromatic carbocycles. The van der Waals surface area contributed by atoms with Gasteiger partial charge in [-0.1, -0.05) is 40.2 Å². The third-order valence-electron chi connectivity index (χ3n) is 2.91. The topological polar surface area (TPSA) is 17.8 Å². The van der Waals surface area contributed by atoms with Crippen LogP contribution in [0.5, 0.6) is 0 Å². The number of para-hydroxylation sites is 1. The zero-order valence-electron chi connectivity index (χ0n) is 9.69. The first-order valence-corrected chi connectivity index (χ1v) is 6.33. The van der Waals surface area contributed by atoms with Gasteiger partial charge in [0.2, 0.25) is 0 Å². The van der Waals surface area contributed by atoms with Gasteiger partial charge in [0, 0.05) is 22.5 Å². The fraction of sp³-hybridized carbons (Fsp3) is 0.0714. The van der Waals surface area contributed by atoms with E-state index in [1.807, 2.05) is 30.3 Å². The van der Waals surface area contributed by atoms with E-state index >= 15 is 0 Å². The Morgan fingerprint density at radius 3 is 2.72 bits per heavy atom.